The Morgan fingerprint density at radius 1 is 0.788 bits per heavy atom. The van der Waals surface area contributed by atoms with Gasteiger partial charge in [-0.05, 0) is 68.9 Å². The molecular weight excluding hydrogens is 408 g/mol. The fourth-order valence-electron chi connectivity index (χ4n) is 5.02. The molecule has 0 saturated heterocycles. The van der Waals surface area contributed by atoms with Crippen molar-refractivity contribution < 1.29 is 15.3 Å². The number of benzene rings is 1. The van der Waals surface area contributed by atoms with Crippen LogP contribution in [-0.2, 0) is 12.8 Å². The van der Waals surface area contributed by atoms with E-state index in [4.69, 9.17) is 0 Å². The maximum atomic E-state index is 11.0. The van der Waals surface area contributed by atoms with Crippen molar-refractivity contribution in [3.63, 3.8) is 0 Å². The van der Waals surface area contributed by atoms with Crippen LogP contribution in [0.1, 0.15) is 129 Å². The number of hydrogen-bond acceptors (Lipinski definition) is 3. The van der Waals surface area contributed by atoms with Gasteiger partial charge in [0, 0.05) is 11.1 Å². The van der Waals surface area contributed by atoms with E-state index in [-0.39, 0.29) is 11.5 Å². The average molecular weight is 463 g/mol. The van der Waals surface area contributed by atoms with E-state index in [9.17, 15) is 15.3 Å². The zero-order chi connectivity index (χ0) is 25.0. The van der Waals surface area contributed by atoms with E-state index in [0.717, 1.165) is 55.1 Å². The van der Waals surface area contributed by atoms with Gasteiger partial charge in [0.2, 0.25) is 0 Å². The Balaban J connectivity index is 2.40. The molecule has 0 fully saturated rings. The zero-order valence-corrected chi connectivity index (χ0v) is 22.8. The highest BCUT2D eigenvalue weighted by molar-refractivity contribution is 5.52. The summed E-state index contributed by atoms with van der Waals surface area (Å²) in [4.78, 5) is 0. The average Bonchev–Trinajstić information content (AvgIpc) is 2.71. The van der Waals surface area contributed by atoms with Gasteiger partial charge in [0.15, 0.2) is 0 Å². The van der Waals surface area contributed by atoms with Gasteiger partial charge in [0.05, 0.1) is 5.60 Å². The lowest BCUT2D eigenvalue weighted by atomic mass is 9.86. The van der Waals surface area contributed by atoms with Gasteiger partial charge in [-0.25, -0.2) is 0 Å². The quantitative estimate of drug-likeness (QED) is 0.203. The minimum atomic E-state index is -0.750. The summed E-state index contributed by atoms with van der Waals surface area (Å²) in [6, 6.07) is 1.65. The molecule has 1 aromatic rings. The van der Waals surface area contributed by atoms with Gasteiger partial charge >= 0.3 is 0 Å². The molecule has 0 saturated carbocycles. The maximum Gasteiger partial charge on any atom is 0.122 e. The van der Waals surface area contributed by atoms with Gasteiger partial charge in [-0.1, -0.05) is 92.4 Å². The molecular formula is C30H54O3. The van der Waals surface area contributed by atoms with E-state index >= 15 is 0 Å². The molecule has 0 heterocycles. The summed E-state index contributed by atoms with van der Waals surface area (Å²) >= 11 is 0. The summed E-state index contributed by atoms with van der Waals surface area (Å²) < 4.78 is 0. The maximum absolute atomic E-state index is 11.0. The third kappa shape index (κ3) is 11.7. The van der Waals surface area contributed by atoms with Gasteiger partial charge in [0.25, 0.3) is 0 Å². The second kappa shape index (κ2) is 14.9. The van der Waals surface area contributed by atoms with Crippen LogP contribution in [0.2, 0.25) is 0 Å². The first kappa shape index (κ1) is 29.8. The van der Waals surface area contributed by atoms with Crippen LogP contribution in [0.3, 0.4) is 0 Å². The third-order valence-corrected chi connectivity index (χ3v) is 7.38. The first-order valence-corrected chi connectivity index (χ1v) is 13.7. The Hall–Kier alpha value is -1.22. The van der Waals surface area contributed by atoms with Gasteiger partial charge in [-0.3, -0.25) is 0 Å². The fraction of sp³-hybridized carbons (Fsp3) is 0.800. The lowest BCUT2D eigenvalue weighted by Crippen LogP contribution is -2.25. The van der Waals surface area contributed by atoms with E-state index in [2.05, 4.69) is 34.6 Å². The number of aryl methyl sites for hydroxylation is 1. The molecule has 192 valence electrons. The van der Waals surface area contributed by atoms with E-state index in [1.165, 1.54) is 38.5 Å². The molecule has 0 bridgehead atoms. The highest BCUT2D eigenvalue weighted by atomic mass is 16.3. The molecule has 33 heavy (non-hydrogen) atoms. The molecule has 1 aromatic carbocycles. The Kier molecular flexibility index (Phi) is 13.5. The molecule has 0 aliphatic rings. The minimum absolute atomic E-state index is 0.268. The van der Waals surface area contributed by atoms with Crippen molar-refractivity contribution in [3.05, 3.63) is 22.8 Å². The summed E-state index contributed by atoms with van der Waals surface area (Å²) in [6.07, 6.45) is 13.8. The molecule has 0 radical (unpaired) electrons. The predicted molar refractivity (Wildman–Crippen MR) is 142 cm³/mol. The van der Waals surface area contributed by atoms with E-state index < -0.39 is 5.60 Å². The molecule has 0 amide bonds. The van der Waals surface area contributed by atoms with E-state index in [1.54, 1.807) is 6.07 Å². The normalized spacial score (nSPS) is 15.5. The van der Waals surface area contributed by atoms with Gasteiger partial charge in [0.1, 0.15) is 11.5 Å². The summed E-state index contributed by atoms with van der Waals surface area (Å²) in [5, 5.41) is 31.9. The van der Waals surface area contributed by atoms with Crippen LogP contribution in [0.5, 0.6) is 11.5 Å². The van der Waals surface area contributed by atoms with Crippen molar-refractivity contribution in [1.82, 2.24) is 0 Å². The number of hydrogen-bond donors (Lipinski definition) is 3. The number of aromatic hydroxyl groups is 2. The number of aliphatic hydroxyl groups is 1. The van der Waals surface area contributed by atoms with Crippen molar-refractivity contribution in [3.8, 4) is 11.5 Å². The molecule has 3 heteroatoms. The topological polar surface area (TPSA) is 60.7 Å². The van der Waals surface area contributed by atoms with Crippen LogP contribution in [-0.4, -0.2) is 20.9 Å². The van der Waals surface area contributed by atoms with Crippen LogP contribution < -0.4 is 0 Å². The van der Waals surface area contributed by atoms with Crippen molar-refractivity contribution in [1.29, 1.82) is 0 Å². The number of phenolic OH excluding ortho intramolecular Hbond substituents is 2. The van der Waals surface area contributed by atoms with Crippen molar-refractivity contribution >= 4 is 0 Å². The minimum Gasteiger partial charge on any atom is -0.508 e. The fourth-order valence-corrected chi connectivity index (χ4v) is 5.02. The first-order valence-electron chi connectivity index (χ1n) is 13.7. The molecule has 0 aliphatic carbocycles. The summed E-state index contributed by atoms with van der Waals surface area (Å²) in [7, 11) is 0. The molecule has 0 spiro atoms. The number of rotatable bonds is 17. The third-order valence-electron chi connectivity index (χ3n) is 7.38. The Morgan fingerprint density at radius 3 is 1.88 bits per heavy atom. The van der Waals surface area contributed by atoms with Crippen LogP contribution in [0.4, 0.5) is 0 Å². The monoisotopic (exact) mass is 462 g/mol. The standard InChI is InChI=1S/C30H54O3/c1-8-12-26-27(29(32)25(6)21-28(26)31)18-20-30(7,33)19-11-17-24(5)16-10-15-23(4)14-9-13-22(2)3/h21-24,31-33H,8-20H2,1-7H3. The summed E-state index contributed by atoms with van der Waals surface area (Å²) in [5.41, 5.74) is 1.60. The highest BCUT2D eigenvalue weighted by Crippen LogP contribution is 2.36. The SMILES string of the molecule is CCCc1c(O)cc(C)c(O)c1CCC(C)(O)CCCC(C)CCCC(C)CCCC(C)C. The molecule has 3 unspecified atom stereocenters. The van der Waals surface area contributed by atoms with Crippen LogP contribution in [0, 0.1) is 24.7 Å². The molecule has 0 aliphatic heterocycles. The summed E-state index contributed by atoms with van der Waals surface area (Å²) in [5.74, 6) is 2.91. The van der Waals surface area contributed by atoms with Crippen molar-refractivity contribution in [2.24, 2.45) is 17.8 Å². The smallest absolute Gasteiger partial charge is 0.122 e. The lowest BCUT2D eigenvalue weighted by molar-refractivity contribution is 0.0384. The Bertz CT molecular complexity index is 678. The molecule has 3 atom stereocenters. The molecule has 1 rings (SSSR count). The van der Waals surface area contributed by atoms with Crippen LogP contribution in [0.25, 0.3) is 0 Å². The largest absolute Gasteiger partial charge is 0.508 e. The van der Waals surface area contributed by atoms with Crippen molar-refractivity contribution in [2.45, 2.75) is 138 Å². The Morgan fingerprint density at radius 2 is 1.33 bits per heavy atom. The number of phenols is 2. The van der Waals surface area contributed by atoms with Gasteiger partial charge in [-0.15, -0.1) is 0 Å². The molecule has 3 N–H and O–H groups in total. The highest BCUT2D eigenvalue weighted by Gasteiger charge is 2.23. The molecule has 3 nitrogen and oxygen atoms in total. The summed E-state index contributed by atoms with van der Waals surface area (Å²) in [6.45, 7) is 15.2. The lowest BCUT2D eigenvalue weighted by Gasteiger charge is -2.25. The first-order chi connectivity index (χ1) is 15.5. The second-order valence-electron chi connectivity index (χ2n) is 11.6. The van der Waals surface area contributed by atoms with Gasteiger partial charge < -0.3 is 15.3 Å². The predicted octanol–water partition coefficient (Wildman–Crippen LogP) is 8.48. The van der Waals surface area contributed by atoms with Crippen LogP contribution in [0.15, 0.2) is 6.07 Å². The second-order valence-corrected chi connectivity index (χ2v) is 11.6. The van der Waals surface area contributed by atoms with E-state index in [1.807, 2.05) is 13.8 Å². The van der Waals surface area contributed by atoms with Crippen molar-refractivity contribution in [2.75, 3.05) is 0 Å². The Labute approximate surface area is 205 Å². The van der Waals surface area contributed by atoms with E-state index in [0.29, 0.717) is 24.3 Å². The van der Waals surface area contributed by atoms with Gasteiger partial charge in [-0.2, -0.15) is 0 Å². The molecule has 0 aromatic heterocycles. The van der Waals surface area contributed by atoms with Crippen LogP contribution >= 0.6 is 0 Å². The zero-order valence-electron chi connectivity index (χ0n) is 22.8.